The first-order valence-corrected chi connectivity index (χ1v) is 10.4. The molecule has 0 aliphatic rings. The number of pyridine rings is 1. The first kappa shape index (κ1) is 19.2. The SMILES string of the molecule is CC(C)(C)[S@@](=O)N=CCc1cc(-c2cnc3ccccc3c2)c2c(N)ncnn12. The van der Waals surface area contributed by atoms with E-state index in [1.54, 1.807) is 10.7 Å². The number of nitrogens with two attached hydrogens (primary N) is 1. The highest BCUT2D eigenvalue weighted by molar-refractivity contribution is 7.85. The summed E-state index contributed by atoms with van der Waals surface area (Å²) < 4.78 is 17.7. The van der Waals surface area contributed by atoms with E-state index in [2.05, 4.69) is 25.5 Å². The lowest BCUT2D eigenvalue weighted by atomic mass is 10.1. The van der Waals surface area contributed by atoms with Gasteiger partial charge >= 0.3 is 0 Å². The van der Waals surface area contributed by atoms with Gasteiger partial charge in [0.2, 0.25) is 0 Å². The molecule has 0 spiro atoms. The summed E-state index contributed by atoms with van der Waals surface area (Å²) in [4.78, 5) is 8.71. The number of nitrogens with zero attached hydrogens (tertiary/aromatic N) is 5. The molecule has 0 aliphatic heterocycles. The maximum absolute atomic E-state index is 12.2. The highest BCUT2D eigenvalue weighted by Crippen LogP contribution is 2.31. The molecule has 0 bridgehead atoms. The Bertz CT molecular complexity index is 1260. The van der Waals surface area contributed by atoms with E-state index in [1.165, 1.54) is 6.33 Å². The minimum atomic E-state index is -1.30. The van der Waals surface area contributed by atoms with Gasteiger partial charge in [0.05, 0.1) is 10.3 Å². The third-order valence-corrected chi connectivity index (χ3v) is 5.94. The Morgan fingerprint density at radius 1 is 1.21 bits per heavy atom. The van der Waals surface area contributed by atoms with Gasteiger partial charge in [0.15, 0.2) is 5.82 Å². The van der Waals surface area contributed by atoms with Gasteiger partial charge in [-0.05, 0) is 39.0 Å². The molecule has 2 N–H and O–H groups in total. The van der Waals surface area contributed by atoms with Crippen molar-refractivity contribution in [2.75, 3.05) is 5.73 Å². The fourth-order valence-electron chi connectivity index (χ4n) is 3.07. The highest BCUT2D eigenvalue weighted by atomic mass is 32.2. The summed E-state index contributed by atoms with van der Waals surface area (Å²) >= 11 is 0. The molecule has 0 radical (unpaired) electrons. The molecule has 4 rings (SSSR count). The topological polar surface area (TPSA) is 98.5 Å². The molecule has 1 aromatic carbocycles. The van der Waals surface area contributed by atoms with Crippen LogP contribution in [0.2, 0.25) is 0 Å². The smallest absolute Gasteiger partial charge is 0.151 e. The molecule has 0 unspecified atom stereocenters. The van der Waals surface area contributed by atoms with Crippen LogP contribution in [0.4, 0.5) is 5.82 Å². The van der Waals surface area contributed by atoms with Crippen LogP contribution < -0.4 is 5.73 Å². The molecule has 148 valence electrons. The van der Waals surface area contributed by atoms with Crippen LogP contribution in [0.5, 0.6) is 0 Å². The van der Waals surface area contributed by atoms with Gasteiger partial charge in [-0.1, -0.05) is 18.2 Å². The molecule has 3 heterocycles. The maximum atomic E-state index is 12.2. The highest BCUT2D eigenvalue weighted by Gasteiger charge is 2.19. The van der Waals surface area contributed by atoms with Crippen LogP contribution in [0.25, 0.3) is 27.5 Å². The maximum Gasteiger partial charge on any atom is 0.151 e. The third-order valence-electron chi connectivity index (χ3n) is 4.55. The van der Waals surface area contributed by atoms with E-state index < -0.39 is 15.7 Å². The van der Waals surface area contributed by atoms with Crippen LogP contribution in [0.15, 0.2) is 53.3 Å². The van der Waals surface area contributed by atoms with Crippen LogP contribution in [0, 0.1) is 0 Å². The zero-order valence-corrected chi connectivity index (χ0v) is 17.3. The predicted octanol–water partition coefficient (Wildman–Crippen LogP) is 3.60. The molecule has 29 heavy (non-hydrogen) atoms. The number of nitrogen functional groups attached to an aromatic ring is 1. The number of hydrogen-bond donors (Lipinski definition) is 1. The van der Waals surface area contributed by atoms with Crippen molar-refractivity contribution in [3.05, 3.63) is 54.6 Å². The van der Waals surface area contributed by atoms with Gasteiger partial charge in [-0.15, -0.1) is 0 Å². The Morgan fingerprint density at radius 3 is 2.79 bits per heavy atom. The van der Waals surface area contributed by atoms with Crippen molar-refractivity contribution >= 4 is 39.4 Å². The molecule has 0 aliphatic carbocycles. The first-order chi connectivity index (χ1) is 13.8. The summed E-state index contributed by atoms with van der Waals surface area (Å²) in [5.41, 5.74) is 10.6. The second-order valence-electron chi connectivity index (χ2n) is 7.73. The van der Waals surface area contributed by atoms with Gasteiger partial charge < -0.3 is 5.73 Å². The fraction of sp³-hybridized carbons (Fsp3) is 0.238. The van der Waals surface area contributed by atoms with E-state index >= 15 is 0 Å². The lowest BCUT2D eigenvalue weighted by molar-refractivity contribution is 0.650. The molecule has 4 aromatic rings. The molecule has 8 heteroatoms. The lowest BCUT2D eigenvalue weighted by Gasteiger charge is -2.12. The quantitative estimate of drug-likeness (QED) is 0.522. The van der Waals surface area contributed by atoms with Crippen molar-refractivity contribution in [3.8, 4) is 11.1 Å². The Balaban J connectivity index is 1.79. The second-order valence-corrected chi connectivity index (χ2v) is 9.66. The summed E-state index contributed by atoms with van der Waals surface area (Å²) in [6.07, 6.45) is 5.40. The number of benzene rings is 1. The van der Waals surface area contributed by atoms with Crippen molar-refractivity contribution in [3.63, 3.8) is 0 Å². The number of fused-ring (bicyclic) bond motifs is 2. The van der Waals surface area contributed by atoms with Gasteiger partial charge in [-0.25, -0.2) is 13.7 Å². The predicted molar refractivity (Wildman–Crippen MR) is 118 cm³/mol. The molecular weight excluding hydrogens is 384 g/mol. The first-order valence-electron chi connectivity index (χ1n) is 9.25. The van der Waals surface area contributed by atoms with Crippen molar-refractivity contribution in [2.45, 2.75) is 31.9 Å². The monoisotopic (exact) mass is 406 g/mol. The van der Waals surface area contributed by atoms with Gasteiger partial charge in [-0.2, -0.15) is 9.50 Å². The van der Waals surface area contributed by atoms with Gasteiger partial charge in [-0.3, -0.25) is 4.98 Å². The van der Waals surface area contributed by atoms with E-state index in [0.717, 1.165) is 33.2 Å². The summed E-state index contributed by atoms with van der Waals surface area (Å²) in [5.74, 6) is 0.393. The van der Waals surface area contributed by atoms with E-state index in [9.17, 15) is 4.21 Å². The minimum Gasteiger partial charge on any atom is -0.382 e. The normalized spacial score (nSPS) is 13.5. The minimum absolute atomic E-state index is 0.393. The Kier molecular flexibility index (Phi) is 4.87. The summed E-state index contributed by atoms with van der Waals surface area (Å²) in [7, 11) is -1.30. The van der Waals surface area contributed by atoms with E-state index in [4.69, 9.17) is 5.73 Å². The van der Waals surface area contributed by atoms with Crippen LogP contribution in [0.1, 0.15) is 26.5 Å². The standard InChI is InChI=1S/C21H22N6OS/c1-21(2,3)29(28)26-9-8-16-11-17(19-20(22)24-13-25-27(16)19)15-10-14-6-4-5-7-18(14)23-12-15/h4-7,9-13H,8H2,1-3H3,(H2,22,24,25)/t29-/m1/s1. The Morgan fingerprint density at radius 2 is 2.00 bits per heavy atom. The average Bonchev–Trinajstić information content (AvgIpc) is 3.07. The van der Waals surface area contributed by atoms with Gasteiger partial charge in [0.25, 0.3) is 0 Å². The molecule has 0 fully saturated rings. The largest absolute Gasteiger partial charge is 0.382 e. The Hall–Kier alpha value is -3.13. The number of aromatic nitrogens is 4. The molecule has 0 saturated heterocycles. The van der Waals surface area contributed by atoms with Crippen molar-refractivity contribution in [1.29, 1.82) is 0 Å². The van der Waals surface area contributed by atoms with Crippen LogP contribution >= 0.6 is 0 Å². The summed E-state index contributed by atoms with van der Waals surface area (Å²) in [6, 6.07) is 12.0. The van der Waals surface area contributed by atoms with Gasteiger partial charge in [0.1, 0.15) is 22.8 Å². The van der Waals surface area contributed by atoms with Crippen LogP contribution in [-0.4, -0.2) is 34.8 Å². The molecule has 1 atom stereocenters. The van der Waals surface area contributed by atoms with E-state index in [0.29, 0.717) is 12.2 Å². The summed E-state index contributed by atoms with van der Waals surface area (Å²) in [6.45, 7) is 5.68. The molecular formula is C21H22N6OS. The van der Waals surface area contributed by atoms with Crippen LogP contribution in [0.3, 0.4) is 0 Å². The Labute approximate surface area is 171 Å². The lowest BCUT2D eigenvalue weighted by Crippen LogP contribution is -2.19. The number of hydrogen-bond acceptors (Lipinski definition) is 5. The van der Waals surface area contributed by atoms with Crippen molar-refractivity contribution < 1.29 is 4.21 Å². The molecule has 7 nitrogen and oxygen atoms in total. The average molecular weight is 407 g/mol. The van der Waals surface area contributed by atoms with Gasteiger partial charge in [0, 0.05) is 41.0 Å². The number of anilines is 1. The zero-order valence-electron chi connectivity index (χ0n) is 16.5. The molecule has 0 amide bonds. The zero-order chi connectivity index (χ0) is 20.6. The number of rotatable bonds is 4. The van der Waals surface area contributed by atoms with Crippen LogP contribution in [-0.2, 0) is 17.4 Å². The third kappa shape index (κ3) is 3.75. The summed E-state index contributed by atoms with van der Waals surface area (Å²) in [5, 5.41) is 5.41. The second kappa shape index (κ2) is 7.36. The molecule has 3 aromatic heterocycles. The van der Waals surface area contributed by atoms with Crippen molar-refractivity contribution in [2.24, 2.45) is 4.40 Å². The van der Waals surface area contributed by atoms with E-state index in [-0.39, 0.29) is 0 Å². The number of para-hydroxylation sites is 1. The van der Waals surface area contributed by atoms with E-state index in [1.807, 2.05) is 57.3 Å². The molecule has 0 saturated carbocycles. The fourth-order valence-corrected chi connectivity index (χ4v) is 3.60. The van der Waals surface area contributed by atoms with Crippen molar-refractivity contribution in [1.82, 2.24) is 19.6 Å².